The standard InChI is InChI=1S/C18H22FN3O3/c1-13-8-18(25-21-13)20-17(23)12-22(11-16-6-3-7-24-16)10-14-4-2-5-15(19)9-14/h2,4-5,8-9,16H,3,6-7,10-12H2,1H3,(H,20,23). The van der Waals surface area contributed by atoms with Crippen LogP contribution >= 0.6 is 0 Å². The van der Waals surface area contributed by atoms with E-state index in [4.69, 9.17) is 9.26 Å². The molecule has 1 amide bonds. The highest BCUT2D eigenvalue weighted by Gasteiger charge is 2.21. The summed E-state index contributed by atoms with van der Waals surface area (Å²) >= 11 is 0. The van der Waals surface area contributed by atoms with Crippen molar-refractivity contribution in [3.63, 3.8) is 0 Å². The number of benzene rings is 1. The quantitative estimate of drug-likeness (QED) is 0.834. The van der Waals surface area contributed by atoms with Crippen molar-refractivity contribution < 1.29 is 18.4 Å². The van der Waals surface area contributed by atoms with Crippen LogP contribution in [0.4, 0.5) is 10.3 Å². The van der Waals surface area contributed by atoms with Crippen molar-refractivity contribution in [1.29, 1.82) is 0 Å². The van der Waals surface area contributed by atoms with E-state index in [2.05, 4.69) is 10.5 Å². The predicted molar refractivity (Wildman–Crippen MR) is 90.5 cm³/mol. The van der Waals surface area contributed by atoms with Gasteiger partial charge in [0.1, 0.15) is 5.82 Å². The lowest BCUT2D eigenvalue weighted by atomic mass is 10.1. The first-order valence-corrected chi connectivity index (χ1v) is 8.40. The molecule has 25 heavy (non-hydrogen) atoms. The summed E-state index contributed by atoms with van der Waals surface area (Å²) in [5.41, 5.74) is 1.52. The van der Waals surface area contributed by atoms with Gasteiger partial charge >= 0.3 is 0 Å². The topological polar surface area (TPSA) is 67.6 Å². The zero-order chi connectivity index (χ0) is 17.6. The van der Waals surface area contributed by atoms with Crippen LogP contribution in [0.3, 0.4) is 0 Å². The zero-order valence-electron chi connectivity index (χ0n) is 14.2. The third kappa shape index (κ3) is 5.37. The molecule has 0 saturated carbocycles. The maximum Gasteiger partial charge on any atom is 0.240 e. The predicted octanol–water partition coefficient (Wildman–Crippen LogP) is 2.74. The molecule has 1 aromatic carbocycles. The molecule has 1 N–H and O–H groups in total. The van der Waals surface area contributed by atoms with Crippen molar-refractivity contribution in [2.75, 3.05) is 25.0 Å². The van der Waals surface area contributed by atoms with E-state index in [0.29, 0.717) is 24.7 Å². The third-order valence-electron chi connectivity index (χ3n) is 4.04. The Balaban J connectivity index is 1.63. The summed E-state index contributed by atoms with van der Waals surface area (Å²) in [6, 6.07) is 8.08. The lowest BCUT2D eigenvalue weighted by Gasteiger charge is -2.24. The number of aryl methyl sites for hydroxylation is 1. The van der Waals surface area contributed by atoms with Gasteiger partial charge in [-0.25, -0.2) is 4.39 Å². The van der Waals surface area contributed by atoms with Gasteiger partial charge in [-0.1, -0.05) is 17.3 Å². The fraction of sp³-hybridized carbons (Fsp3) is 0.444. The van der Waals surface area contributed by atoms with Gasteiger partial charge in [0.15, 0.2) is 0 Å². The highest BCUT2D eigenvalue weighted by Crippen LogP contribution is 2.16. The average Bonchev–Trinajstić information content (AvgIpc) is 3.19. The van der Waals surface area contributed by atoms with Gasteiger partial charge in [0, 0.05) is 25.8 Å². The van der Waals surface area contributed by atoms with Gasteiger partial charge in [-0.3, -0.25) is 15.0 Å². The SMILES string of the molecule is Cc1cc(NC(=O)CN(Cc2cccc(F)c2)CC2CCCO2)on1. The van der Waals surface area contributed by atoms with Crippen LogP contribution in [0.15, 0.2) is 34.9 Å². The van der Waals surface area contributed by atoms with Crippen molar-refractivity contribution in [2.45, 2.75) is 32.4 Å². The van der Waals surface area contributed by atoms with E-state index >= 15 is 0 Å². The number of hydrogen-bond donors (Lipinski definition) is 1. The molecule has 1 aromatic heterocycles. The second-order valence-electron chi connectivity index (χ2n) is 6.32. The van der Waals surface area contributed by atoms with Crippen LogP contribution in [0.25, 0.3) is 0 Å². The third-order valence-corrected chi connectivity index (χ3v) is 4.04. The molecule has 1 unspecified atom stereocenters. The minimum atomic E-state index is -0.281. The van der Waals surface area contributed by atoms with Gasteiger partial charge in [-0.05, 0) is 37.5 Å². The van der Waals surface area contributed by atoms with Crippen LogP contribution < -0.4 is 5.32 Å². The Labute approximate surface area is 145 Å². The summed E-state index contributed by atoms with van der Waals surface area (Å²) in [5, 5.41) is 6.44. The van der Waals surface area contributed by atoms with Gasteiger partial charge in [0.25, 0.3) is 0 Å². The molecule has 1 atom stereocenters. The molecule has 6 nitrogen and oxygen atoms in total. The van der Waals surface area contributed by atoms with Gasteiger partial charge in [-0.2, -0.15) is 0 Å². The average molecular weight is 347 g/mol. The first kappa shape index (κ1) is 17.6. The number of amides is 1. The van der Waals surface area contributed by atoms with E-state index in [1.165, 1.54) is 12.1 Å². The molecular formula is C18H22FN3O3. The monoisotopic (exact) mass is 347 g/mol. The van der Waals surface area contributed by atoms with Crippen LogP contribution in [0.2, 0.25) is 0 Å². The lowest BCUT2D eigenvalue weighted by Crippen LogP contribution is -2.37. The number of carbonyl (C=O) groups excluding carboxylic acids is 1. The summed E-state index contributed by atoms with van der Waals surface area (Å²) in [5.74, 6) is -0.160. The molecule has 1 aliphatic rings. The fourth-order valence-electron chi connectivity index (χ4n) is 2.96. The van der Waals surface area contributed by atoms with Gasteiger partial charge < -0.3 is 9.26 Å². The van der Waals surface area contributed by atoms with Crippen LogP contribution in [0.5, 0.6) is 0 Å². The number of anilines is 1. The van der Waals surface area contributed by atoms with Crippen molar-refractivity contribution in [1.82, 2.24) is 10.1 Å². The zero-order valence-corrected chi connectivity index (χ0v) is 14.2. The molecule has 0 spiro atoms. The summed E-state index contributed by atoms with van der Waals surface area (Å²) in [4.78, 5) is 14.3. The highest BCUT2D eigenvalue weighted by molar-refractivity contribution is 5.90. The molecule has 2 aromatic rings. The second kappa shape index (κ2) is 8.22. The molecule has 134 valence electrons. The van der Waals surface area contributed by atoms with E-state index in [9.17, 15) is 9.18 Å². The molecule has 7 heteroatoms. The Hall–Kier alpha value is -2.25. The van der Waals surface area contributed by atoms with Crippen LogP contribution in [-0.4, -0.2) is 41.8 Å². The van der Waals surface area contributed by atoms with Crippen LogP contribution in [0, 0.1) is 12.7 Å². The van der Waals surface area contributed by atoms with Gasteiger partial charge in [-0.15, -0.1) is 0 Å². The first-order chi connectivity index (χ1) is 12.1. The van der Waals surface area contributed by atoms with Crippen LogP contribution in [-0.2, 0) is 16.1 Å². The number of nitrogens with zero attached hydrogens (tertiary/aromatic N) is 2. The van der Waals surface area contributed by atoms with E-state index in [0.717, 1.165) is 25.0 Å². The molecule has 1 saturated heterocycles. The fourth-order valence-corrected chi connectivity index (χ4v) is 2.96. The molecule has 0 bridgehead atoms. The number of halogens is 1. The number of nitrogens with one attached hydrogen (secondary N) is 1. The Morgan fingerprint density at radius 1 is 1.44 bits per heavy atom. The Morgan fingerprint density at radius 2 is 2.32 bits per heavy atom. The molecule has 0 radical (unpaired) electrons. The Morgan fingerprint density at radius 3 is 3.00 bits per heavy atom. The maximum atomic E-state index is 13.4. The first-order valence-electron chi connectivity index (χ1n) is 8.40. The van der Waals surface area contributed by atoms with Crippen LogP contribution in [0.1, 0.15) is 24.1 Å². The molecule has 0 aliphatic carbocycles. The lowest BCUT2D eigenvalue weighted by molar-refractivity contribution is -0.117. The molecular weight excluding hydrogens is 325 g/mol. The number of carbonyl (C=O) groups is 1. The number of ether oxygens (including phenoxy) is 1. The largest absolute Gasteiger partial charge is 0.377 e. The summed E-state index contributed by atoms with van der Waals surface area (Å²) in [6.07, 6.45) is 2.11. The van der Waals surface area contributed by atoms with E-state index in [-0.39, 0.29) is 24.4 Å². The van der Waals surface area contributed by atoms with E-state index in [1.54, 1.807) is 19.1 Å². The van der Waals surface area contributed by atoms with Crippen molar-refractivity contribution in [3.8, 4) is 0 Å². The van der Waals surface area contributed by atoms with Gasteiger partial charge in [0.05, 0.1) is 18.3 Å². The molecule has 1 fully saturated rings. The summed E-state index contributed by atoms with van der Waals surface area (Å²) in [7, 11) is 0. The van der Waals surface area contributed by atoms with E-state index < -0.39 is 0 Å². The minimum absolute atomic E-state index is 0.105. The normalized spacial score (nSPS) is 17.2. The Kier molecular flexibility index (Phi) is 5.78. The molecule has 3 rings (SSSR count). The summed E-state index contributed by atoms with van der Waals surface area (Å²) < 4.78 is 24.1. The van der Waals surface area contributed by atoms with Crippen molar-refractivity contribution in [2.24, 2.45) is 0 Å². The smallest absolute Gasteiger partial charge is 0.240 e. The number of rotatable bonds is 7. The molecule has 2 heterocycles. The number of aromatic nitrogens is 1. The van der Waals surface area contributed by atoms with Gasteiger partial charge in [0.2, 0.25) is 11.8 Å². The Bertz CT molecular complexity index is 713. The second-order valence-corrected chi connectivity index (χ2v) is 6.32. The molecule has 1 aliphatic heterocycles. The minimum Gasteiger partial charge on any atom is -0.377 e. The van der Waals surface area contributed by atoms with E-state index in [1.807, 2.05) is 11.0 Å². The van der Waals surface area contributed by atoms with Crippen molar-refractivity contribution >= 4 is 11.8 Å². The highest BCUT2D eigenvalue weighted by atomic mass is 19.1. The maximum absolute atomic E-state index is 13.4. The van der Waals surface area contributed by atoms with Crippen molar-refractivity contribution in [3.05, 3.63) is 47.4 Å². The number of hydrogen-bond acceptors (Lipinski definition) is 5. The summed E-state index contributed by atoms with van der Waals surface area (Å²) in [6.45, 7) is 3.80.